The maximum atomic E-state index is 9.09. The lowest BCUT2D eigenvalue weighted by Gasteiger charge is -2.04. The van der Waals surface area contributed by atoms with Gasteiger partial charge in [-0.05, 0) is 43.1 Å². The maximum absolute atomic E-state index is 9.09. The molecule has 0 radical (unpaired) electrons. The molecule has 2 rings (SSSR count). The molecule has 1 atom stereocenters. The number of aldehydes is 1. The summed E-state index contributed by atoms with van der Waals surface area (Å²) in [5.41, 5.74) is 0.482. The quantitative estimate of drug-likeness (QED) is 0.455. The molecule has 0 aromatic carbocycles. The molecule has 2 aromatic rings. The van der Waals surface area contributed by atoms with Crippen LogP contribution in [0.5, 0.6) is 0 Å². The van der Waals surface area contributed by atoms with E-state index in [0.717, 1.165) is 6.29 Å². The minimum atomic E-state index is -0.667. The highest BCUT2D eigenvalue weighted by atomic mass is 35.5. The molecule has 10 heteroatoms. The Morgan fingerprint density at radius 2 is 1.68 bits per heavy atom. The van der Waals surface area contributed by atoms with Crippen molar-refractivity contribution in [3.05, 3.63) is 44.9 Å². The van der Waals surface area contributed by atoms with Gasteiger partial charge in [0, 0.05) is 18.0 Å². The van der Waals surface area contributed by atoms with Gasteiger partial charge in [0.05, 0.1) is 6.10 Å². The van der Waals surface area contributed by atoms with E-state index in [1.165, 1.54) is 19.3 Å². The van der Waals surface area contributed by atoms with Crippen molar-refractivity contribution in [2.45, 2.75) is 20.0 Å². The molecule has 22 heavy (non-hydrogen) atoms. The molecule has 6 nitrogen and oxygen atoms in total. The number of aromatic nitrogens is 4. The van der Waals surface area contributed by atoms with Gasteiger partial charge >= 0.3 is 0 Å². The monoisotopic (exact) mass is 384 g/mol. The highest BCUT2D eigenvalue weighted by Crippen LogP contribution is 2.20. The van der Waals surface area contributed by atoms with Gasteiger partial charge < -0.3 is 9.90 Å². The number of hydrogen-bond acceptors (Lipinski definition) is 6. The zero-order chi connectivity index (χ0) is 17.1. The van der Waals surface area contributed by atoms with Crippen molar-refractivity contribution in [1.82, 2.24) is 19.9 Å². The average molecular weight is 386 g/mol. The number of hydrogen-bond donors (Lipinski definition) is 1. The van der Waals surface area contributed by atoms with Gasteiger partial charge in [0.25, 0.3) is 0 Å². The second kappa shape index (κ2) is 11.5. The van der Waals surface area contributed by atoms with Gasteiger partial charge in [-0.25, -0.2) is 19.9 Å². The van der Waals surface area contributed by atoms with Crippen LogP contribution in [0.3, 0.4) is 0 Å². The van der Waals surface area contributed by atoms with Gasteiger partial charge in [-0.15, -0.1) is 0 Å². The van der Waals surface area contributed by atoms with Crippen LogP contribution in [0.4, 0.5) is 0 Å². The molecule has 120 valence electrons. The molecular formula is C12H12Cl4N4O2. The summed E-state index contributed by atoms with van der Waals surface area (Å²) in [4.78, 5) is 23.3. The fraction of sp³-hybridized carbons (Fsp3) is 0.250. The predicted molar refractivity (Wildman–Crippen MR) is 86.5 cm³/mol. The second-order valence-electron chi connectivity index (χ2n) is 3.45. The molecule has 2 aromatic heterocycles. The molecule has 0 fully saturated rings. The fourth-order valence-corrected chi connectivity index (χ4v) is 1.74. The summed E-state index contributed by atoms with van der Waals surface area (Å²) in [6, 6.07) is 1.56. The molecule has 0 saturated heterocycles. The van der Waals surface area contributed by atoms with Gasteiger partial charge in [0.15, 0.2) is 0 Å². The predicted octanol–water partition coefficient (Wildman–Crippen LogP) is 3.83. The van der Waals surface area contributed by atoms with Crippen LogP contribution in [-0.2, 0) is 4.79 Å². The minimum Gasteiger partial charge on any atom is -0.389 e. The van der Waals surface area contributed by atoms with Gasteiger partial charge in [-0.1, -0.05) is 23.2 Å². The molecule has 2 heterocycles. The average Bonchev–Trinajstić information content (AvgIpc) is 2.39. The molecule has 0 bridgehead atoms. The zero-order valence-corrected chi connectivity index (χ0v) is 14.6. The Morgan fingerprint density at radius 1 is 1.14 bits per heavy atom. The van der Waals surface area contributed by atoms with E-state index in [1.54, 1.807) is 13.0 Å². The summed E-state index contributed by atoms with van der Waals surface area (Å²) in [6.45, 7) is 3.03. The molecule has 1 N–H and O–H groups in total. The highest BCUT2D eigenvalue weighted by Gasteiger charge is 2.08. The van der Waals surface area contributed by atoms with Gasteiger partial charge in [0.1, 0.15) is 16.6 Å². The van der Waals surface area contributed by atoms with E-state index < -0.39 is 6.10 Å². The number of nitrogens with zero attached hydrogens (tertiary/aromatic N) is 4. The first kappa shape index (κ1) is 20.9. The minimum absolute atomic E-state index is 0.0828. The third kappa shape index (κ3) is 9.07. The van der Waals surface area contributed by atoms with Gasteiger partial charge in [-0.3, -0.25) is 0 Å². The second-order valence-corrected chi connectivity index (χ2v) is 4.87. The van der Waals surface area contributed by atoms with Crippen molar-refractivity contribution in [2.75, 3.05) is 0 Å². The van der Waals surface area contributed by atoms with Gasteiger partial charge in [-0.2, -0.15) is 0 Å². The van der Waals surface area contributed by atoms with Crippen molar-refractivity contribution >= 4 is 52.7 Å². The van der Waals surface area contributed by atoms with Crippen molar-refractivity contribution in [1.29, 1.82) is 0 Å². The smallest absolute Gasteiger partial charge is 0.223 e. The van der Waals surface area contributed by atoms with Crippen molar-refractivity contribution in [3.8, 4) is 0 Å². The molecular weight excluding hydrogens is 374 g/mol. The standard InChI is InChI=1S/C6H6Cl2N2O.C4H2Cl2N2.C2H4O/c1-3(11)4-2-9-6(8)10-5(4)7;5-3-1-2-7-4(6)8-3;1-2-3/h2-3,11H,1H3;1-2H;2H,1H3. The van der Waals surface area contributed by atoms with Crippen LogP contribution in [0.2, 0.25) is 20.9 Å². The first-order valence-electron chi connectivity index (χ1n) is 5.71. The van der Waals surface area contributed by atoms with Crippen LogP contribution >= 0.6 is 46.4 Å². The molecule has 0 aliphatic carbocycles. The van der Waals surface area contributed by atoms with Crippen molar-refractivity contribution in [3.63, 3.8) is 0 Å². The van der Waals surface area contributed by atoms with Crippen LogP contribution in [0.25, 0.3) is 0 Å². The Hall–Kier alpha value is -1.05. The Balaban J connectivity index is 0.000000352. The molecule has 0 saturated carbocycles. The Morgan fingerprint density at radius 3 is 2.05 bits per heavy atom. The highest BCUT2D eigenvalue weighted by molar-refractivity contribution is 6.32. The van der Waals surface area contributed by atoms with Crippen molar-refractivity contribution in [2.24, 2.45) is 0 Å². The van der Waals surface area contributed by atoms with Gasteiger partial charge in [0.2, 0.25) is 10.6 Å². The van der Waals surface area contributed by atoms with E-state index >= 15 is 0 Å². The van der Waals surface area contributed by atoms with E-state index in [-0.39, 0.29) is 15.7 Å². The summed E-state index contributed by atoms with van der Waals surface area (Å²) in [6.07, 6.45) is 2.99. The summed E-state index contributed by atoms with van der Waals surface area (Å²) in [5, 5.41) is 9.91. The molecule has 0 aliphatic heterocycles. The number of carbonyl (C=O) groups excluding carboxylic acids is 1. The number of aliphatic hydroxyl groups is 1. The van der Waals surface area contributed by atoms with Crippen LogP contribution in [0, 0.1) is 0 Å². The van der Waals surface area contributed by atoms with Crippen LogP contribution in [-0.4, -0.2) is 31.3 Å². The van der Waals surface area contributed by atoms with E-state index in [1.807, 2.05) is 0 Å². The lowest BCUT2D eigenvalue weighted by atomic mass is 10.2. The van der Waals surface area contributed by atoms with Crippen LogP contribution < -0.4 is 0 Å². The third-order valence-electron chi connectivity index (χ3n) is 1.78. The van der Waals surface area contributed by atoms with Crippen molar-refractivity contribution < 1.29 is 9.90 Å². The third-order valence-corrected chi connectivity index (χ3v) is 2.66. The molecule has 0 aliphatic rings. The lowest BCUT2D eigenvalue weighted by molar-refractivity contribution is -0.106. The van der Waals surface area contributed by atoms with E-state index in [0.29, 0.717) is 10.7 Å². The lowest BCUT2D eigenvalue weighted by Crippen LogP contribution is -1.96. The molecule has 0 spiro atoms. The summed E-state index contributed by atoms with van der Waals surface area (Å²) >= 11 is 21.8. The number of aliphatic hydroxyl groups excluding tert-OH is 1. The van der Waals surface area contributed by atoms with Crippen LogP contribution in [0.1, 0.15) is 25.5 Å². The van der Waals surface area contributed by atoms with E-state index in [9.17, 15) is 0 Å². The topological polar surface area (TPSA) is 88.9 Å². The first-order valence-corrected chi connectivity index (χ1v) is 7.22. The van der Waals surface area contributed by atoms with Crippen LogP contribution in [0.15, 0.2) is 18.5 Å². The zero-order valence-electron chi connectivity index (χ0n) is 11.5. The largest absolute Gasteiger partial charge is 0.389 e. The van der Waals surface area contributed by atoms with E-state index in [4.69, 9.17) is 56.3 Å². The maximum Gasteiger partial charge on any atom is 0.223 e. The molecule has 0 amide bonds. The molecule has 1 unspecified atom stereocenters. The summed E-state index contributed by atoms with van der Waals surface area (Å²) in [5.74, 6) is 0. The Labute approximate surface area is 147 Å². The SMILES string of the molecule is CC(O)c1cnc(Cl)nc1Cl.CC=O.Clc1ccnc(Cl)n1. The first-order chi connectivity index (χ1) is 10.3. The summed E-state index contributed by atoms with van der Waals surface area (Å²) < 4.78 is 0. The fourth-order valence-electron chi connectivity index (χ4n) is 0.945. The Kier molecular flexibility index (Phi) is 11.0. The Bertz CT molecular complexity index is 582. The summed E-state index contributed by atoms with van der Waals surface area (Å²) in [7, 11) is 0. The normalized spacial score (nSPS) is 10.5. The number of carbonyl (C=O) groups is 1. The number of halogens is 4. The number of rotatable bonds is 1. The van der Waals surface area contributed by atoms with E-state index in [2.05, 4.69) is 19.9 Å².